The maximum atomic E-state index is 12.4. The SMILES string of the molecule is Cl.NCC1(CC(=O)Nc2ccc(-c3ccn[nH]3)cc2)CCCCC1. The molecule has 1 aliphatic rings. The lowest BCUT2D eigenvalue weighted by atomic mass is 9.71. The van der Waals surface area contributed by atoms with E-state index in [9.17, 15) is 4.79 Å². The van der Waals surface area contributed by atoms with Crippen molar-refractivity contribution in [3.05, 3.63) is 36.5 Å². The molecular formula is C18H25ClN4O. The third-order valence-electron chi connectivity index (χ3n) is 4.86. The second-order valence-electron chi connectivity index (χ2n) is 6.54. The first-order valence-electron chi connectivity index (χ1n) is 8.31. The lowest BCUT2D eigenvalue weighted by molar-refractivity contribution is -0.118. The van der Waals surface area contributed by atoms with Crippen LogP contribution in [0.1, 0.15) is 38.5 Å². The first-order valence-corrected chi connectivity index (χ1v) is 8.31. The summed E-state index contributed by atoms with van der Waals surface area (Å²) in [7, 11) is 0. The number of carbonyl (C=O) groups is 1. The van der Waals surface area contributed by atoms with Crippen LogP contribution in [0.5, 0.6) is 0 Å². The molecule has 0 saturated heterocycles. The Kier molecular flexibility index (Phi) is 6.40. The molecule has 0 unspecified atom stereocenters. The van der Waals surface area contributed by atoms with Crippen LogP contribution in [0.25, 0.3) is 11.3 Å². The highest BCUT2D eigenvalue weighted by molar-refractivity contribution is 5.91. The zero-order valence-corrected chi connectivity index (χ0v) is 14.6. The van der Waals surface area contributed by atoms with Crippen LogP contribution in [0, 0.1) is 5.41 Å². The van der Waals surface area contributed by atoms with Crippen molar-refractivity contribution in [3.8, 4) is 11.3 Å². The van der Waals surface area contributed by atoms with Crippen molar-refractivity contribution < 1.29 is 4.79 Å². The fourth-order valence-electron chi connectivity index (χ4n) is 3.45. The summed E-state index contributed by atoms with van der Waals surface area (Å²) in [6.07, 6.45) is 8.00. The number of aromatic amines is 1. The van der Waals surface area contributed by atoms with Crippen LogP contribution < -0.4 is 11.1 Å². The van der Waals surface area contributed by atoms with E-state index in [4.69, 9.17) is 5.73 Å². The standard InChI is InChI=1S/C18H24N4O.ClH/c19-13-18(9-2-1-3-10-18)12-17(23)21-15-6-4-14(5-7-15)16-8-11-20-22-16;/h4-8,11H,1-3,9-10,12-13,19H2,(H,20,22)(H,21,23);1H. The highest BCUT2D eigenvalue weighted by Crippen LogP contribution is 2.38. The number of nitrogens with zero attached hydrogens (tertiary/aromatic N) is 1. The Morgan fingerprint density at radius 3 is 2.46 bits per heavy atom. The normalized spacial score (nSPS) is 16.2. The Morgan fingerprint density at radius 2 is 1.88 bits per heavy atom. The van der Waals surface area contributed by atoms with Crippen LogP contribution >= 0.6 is 12.4 Å². The molecule has 1 heterocycles. The summed E-state index contributed by atoms with van der Waals surface area (Å²) in [4.78, 5) is 12.4. The topological polar surface area (TPSA) is 83.8 Å². The predicted molar refractivity (Wildman–Crippen MR) is 99.1 cm³/mol. The van der Waals surface area contributed by atoms with Gasteiger partial charge in [0.1, 0.15) is 0 Å². The van der Waals surface area contributed by atoms with Gasteiger partial charge in [-0.3, -0.25) is 9.89 Å². The summed E-state index contributed by atoms with van der Waals surface area (Å²) >= 11 is 0. The first kappa shape index (κ1) is 18.5. The largest absolute Gasteiger partial charge is 0.330 e. The Morgan fingerprint density at radius 1 is 1.17 bits per heavy atom. The monoisotopic (exact) mass is 348 g/mol. The van der Waals surface area contributed by atoms with Crippen LogP contribution in [0.3, 0.4) is 0 Å². The Hall–Kier alpha value is -1.85. The summed E-state index contributed by atoms with van der Waals surface area (Å²) in [5, 5.41) is 9.87. The molecule has 0 spiro atoms. The minimum atomic E-state index is -0.00179. The van der Waals surface area contributed by atoms with E-state index in [-0.39, 0.29) is 23.7 Å². The maximum Gasteiger partial charge on any atom is 0.224 e. The number of halogens is 1. The average molecular weight is 349 g/mol. The number of hydrogen-bond donors (Lipinski definition) is 3. The van der Waals surface area contributed by atoms with E-state index in [0.29, 0.717) is 13.0 Å². The van der Waals surface area contributed by atoms with Gasteiger partial charge in [0.25, 0.3) is 0 Å². The number of rotatable bonds is 5. The van der Waals surface area contributed by atoms with E-state index in [1.807, 2.05) is 30.3 Å². The number of aromatic nitrogens is 2. The van der Waals surface area contributed by atoms with Crippen molar-refractivity contribution in [2.45, 2.75) is 38.5 Å². The molecule has 0 radical (unpaired) electrons. The number of amides is 1. The highest BCUT2D eigenvalue weighted by Gasteiger charge is 2.32. The van der Waals surface area contributed by atoms with Gasteiger partial charge in [-0.1, -0.05) is 31.4 Å². The molecule has 1 saturated carbocycles. The van der Waals surface area contributed by atoms with E-state index < -0.39 is 0 Å². The van der Waals surface area contributed by atoms with Gasteiger partial charge >= 0.3 is 0 Å². The lowest BCUT2D eigenvalue weighted by Gasteiger charge is -2.35. The maximum absolute atomic E-state index is 12.4. The molecule has 1 aromatic heterocycles. The molecule has 1 aromatic carbocycles. The van der Waals surface area contributed by atoms with Gasteiger partial charge in [0.2, 0.25) is 5.91 Å². The molecule has 1 amide bonds. The minimum Gasteiger partial charge on any atom is -0.330 e. The quantitative estimate of drug-likeness (QED) is 0.769. The van der Waals surface area contributed by atoms with Crippen molar-refractivity contribution in [3.63, 3.8) is 0 Å². The molecular weight excluding hydrogens is 324 g/mol. The van der Waals surface area contributed by atoms with E-state index in [0.717, 1.165) is 29.8 Å². The molecule has 24 heavy (non-hydrogen) atoms. The van der Waals surface area contributed by atoms with Crippen molar-refractivity contribution >= 4 is 24.0 Å². The van der Waals surface area contributed by atoms with Crippen molar-refractivity contribution in [2.75, 3.05) is 11.9 Å². The minimum absolute atomic E-state index is 0. The number of hydrogen-bond acceptors (Lipinski definition) is 3. The van der Waals surface area contributed by atoms with Gasteiger partial charge in [-0.05, 0) is 48.6 Å². The van der Waals surface area contributed by atoms with E-state index in [1.165, 1.54) is 19.3 Å². The number of H-pyrrole nitrogens is 1. The third kappa shape index (κ3) is 4.36. The summed E-state index contributed by atoms with van der Waals surface area (Å²) in [5.74, 6) is 0.0617. The van der Waals surface area contributed by atoms with Crippen molar-refractivity contribution in [1.82, 2.24) is 10.2 Å². The zero-order chi connectivity index (χ0) is 16.1. The molecule has 1 fully saturated rings. The van der Waals surface area contributed by atoms with Crippen molar-refractivity contribution in [2.24, 2.45) is 11.1 Å². The number of anilines is 1. The van der Waals surface area contributed by atoms with E-state index in [2.05, 4.69) is 15.5 Å². The fourth-order valence-corrected chi connectivity index (χ4v) is 3.45. The lowest BCUT2D eigenvalue weighted by Crippen LogP contribution is -2.36. The molecule has 6 heteroatoms. The van der Waals surface area contributed by atoms with Gasteiger partial charge in [-0.25, -0.2) is 0 Å². The summed E-state index contributed by atoms with van der Waals surface area (Å²) in [5.41, 5.74) is 8.80. The molecule has 5 nitrogen and oxygen atoms in total. The highest BCUT2D eigenvalue weighted by atomic mass is 35.5. The second-order valence-corrected chi connectivity index (χ2v) is 6.54. The fraction of sp³-hybridized carbons (Fsp3) is 0.444. The molecule has 4 N–H and O–H groups in total. The predicted octanol–water partition coefficient (Wildman–Crippen LogP) is 3.74. The molecule has 2 aromatic rings. The van der Waals surface area contributed by atoms with Gasteiger partial charge in [0.15, 0.2) is 0 Å². The van der Waals surface area contributed by atoms with Crippen LogP contribution in [-0.2, 0) is 4.79 Å². The van der Waals surface area contributed by atoms with Gasteiger partial charge in [-0.2, -0.15) is 5.10 Å². The Bertz CT molecular complexity index is 634. The molecule has 130 valence electrons. The van der Waals surface area contributed by atoms with Crippen LogP contribution in [-0.4, -0.2) is 22.6 Å². The number of benzene rings is 1. The Labute approximate surface area is 148 Å². The molecule has 1 aliphatic carbocycles. The smallest absolute Gasteiger partial charge is 0.224 e. The van der Waals surface area contributed by atoms with Gasteiger partial charge in [-0.15, -0.1) is 12.4 Å². The Balaban J connectivity index is 0.00000208. The first-order chi connectivity index (χ1) is 11.2. The van der Waals surface area contributed by atoms with Gasteiger partial charge in [0, 0.05) is 18.3 Å². The average Bonchev–Trinajstić information content (AvgIpc) is 3.11. The van der Waals surface area contributed by atoms with E-state index in [1.54, 1.807) is 6.20 Å². The molecule has 3 rings (SSSR count). The number of nitrogens with two attached hydrogens (primary N) is 1. The molecule has 0 aliphatic heterocycles. The molecule has 0 bridgehead atoms. The summed E-state index contributed by atoms with van der Waals surface area (Å²) < 4.78 is 0. The third-order valence-corrected chi connectivity index (χ3v) is 4.86. The summed E-state index contributed by atoms with van der Waals surface area (Å²) in [6.45, 7) is 0.596. The van der Waals surface area contributed by atoms with Crippen molar-refractivity contribution in [1.29, 1.82) is 0 Å². The van der Waals surface area contributed by atoms with Gasteiger partial charge < -0.3 is 11.1 Å². The summed E-state index contributed by atoms with van der Waals surface area (Å²) in [6, 6.07) is 9.71. The van der Waals surface area contributed by atoms with Crippen LogP contribution in [0.2, 0.25) is 0 Å². The van der Waals surface area contributed by atoms with Crippen LogP contribution in [0.4, 0.5) is 5.69 Å². The zero-order valence-electron chi connectivity index (χ0n) is 13.8. The second kappa shape index (κ2) is 8.31. The van der Waals surface area contributed by atoms with E-state index >= 15 is 0 Å². The van der Waals surface area contributed by atoms with Crippen LogP contribution in [0.15, 0.2) is 36.5 Å². The number of nitrogens with one attached hydrogen (secondary N) is 2. The number of carbonyl (C=O) groups excluding carboxylic acids is 1. The molecule has 0 atom stereocenters. The van der Waals surface area contributed by atoms with Gasteiger partial charge in [0.05, 0.1) is 5.69 Å².